The highest BCUT2D eigenvalue weighted by atomic mass is 79.9. The van der Waals surface area contributed by atoms with Gasteiger partial charge in [0.25, 0.3) is 0 Å². The molecule has 8 heteroatoms. The zero-order valence-electron chi connectivity index (χ0n) is 18.1. The molecule has 31 heavy (non-hydrogen) atoms. The number of likely N-dealkylation sites (tertiary alicyclic amines) is 1. The number of carbonyl (C=O) groups is 2. The Hall–Kier alpha value is -2.14. The minimum Gasteiger partial charge on any atom is -0.444 e. The predicted molar refractivity (Wildman–Crippen MR) is 115 cm³/mol. The van der Waals surface area contributed by atoms with Gasteiger partial charge in [0.1, 0.15) is 23.5 Å². The van der Waals surface area contributed by atoms with Crippen LogP contribution >= 0.6 is 15.9 Å². The topological polar surface area (TPSA) is 82.4 Å². The molecule has 1 aliphatic heterocycles. The van der Waals surface area contributed by atoms with E-state index in [-0.39, 0.29) is 24.3 Å². The normalized spacial score (nSPS) is 31.6. The predicted octanol–water partition coefficient (Wildman–Crippen LogP) is 4.03. The van der Waals surface area contributed by atoms with Crippen molar-refractivity contribution < 1.29 is 18.7 Å². The van der Waals surface area contributed by atoms with E-state index in [1.165, 1.54) is 6.07 Å². The van der Waals surface area contributed by atoms with Crippen molar-refractivity contribution in [1.29, 1.82) is 5.26 Å². The molecular weight excluding hydrogens is 465 g/mol. The fourth-order valence-electron chi connectivity index (χ4n) is 5.63. The van der Waals surface area contributed by atoms with Crippen LogP contribution < -0.4 is 5.32 Å². The summed E-state index contributed by atoms with van der Waals surface area (Å²) in [6, 6.07) is 5.14. The maximum atomic E-state index is 14.2. The number of nitriles is 1. The lowest BCUT2D eigenvalue weighted by Gasteiger charge is -2.35. The van der Waals surface area contributed by atoms with Crippen molar-refractivity contribution >= 4 is 27.9 Å². The lowest BCUT2D eigenvalue weighted by Crippen LogP contribution is -2.56. The number of benzene rings is 1. The van der Waals surface area contributed by atoms with Gasteiger partial charge in [-0.3, -0.25) is 9.69 Å². The van der Waals surface area contributed by atoms with Crippen LogP contribution in [0.15, 0.2) is 22.7 Å². The highest BCUT2D eigenvalue weighted by Gasteiger charge is 2.71. The van der Waals surface area contributed by atoms with Gasteiger partial charge in [-0.05, 0) is 68.6 Å². The summed E-state index contributed by atoms with van der Waals surface area (Å²) >= 11 is 3.21. The van der Waals surface area contributed by atoms with Crippen molar-refractivity contribution in [2.45, 2.75) is 64.3 Å². The van der Waals surface area contributed by atoms with Crippen molar-refractivity contribution in [2.24, 2.45) is 23.7 Å². The molecule has 0 radical (unpaired) electrons. The molecule has 2 saturated carbocycles. The number of ether oxygens (including phenoxy) is 1. The Labute approximate surface area is 190 Å². The second kappa shape index (κ2) is 7.77. The first-order valence-electron chi connectivity index (χ1n) is 10.7. The van der Waals surface area contributed by atoms with Gasteiger partial charge in [-0.25, -0.2) is 9.18 Å². The average Bonchev–Trinajstić information content (AvgIpc) is 3.03. The number of amides is 2. The van der Waals surface area contributed by atoms with Crippen molar-refractivity contribution in [2.75, 3.05) is 0 Å². The molecule has 0 unspecified atom stereocenters. The van der Waals surface area contributed by atoms with Crippen LogP contribution in [0.4, 0.5) is 9.18 Å². The van der Waals surface area contributed by atoms with Gasteiger partial charge in [0, 0.05) is 16.9 Å². The molecule has 1 aromatic carbocycles. The molecule has 1 aromatic rings. The first kappa shape index (κ1) is 22.1. The highest BCUT2D eigenvalue weighted by Crippen LogP contribution is 2.67. The first-order chi connectivity index (χ1) is 14.5. The van der Waals surface area contributed by atoms with E-state index >= 15 is 0 Å². The fraction of sp³-hybridized carbons (Fsp3) is 0.609. The minimum atomic E-state index is -0.893. The van der Waals surface area contributed by atoms with Crippen LogP contribution in [0.2, 0.25) is 0 Å². The average molecular weight is 492 g/mol. The summed E-state index contributed by atoms with van der Waals surface area (Å²) in [6.45, 7) is 7.57. The van der Waals surface area contributed by atoms with E-state index < -0.39 is 29.6 Å². The molecule has 4 rings (SSSR count). The van der Waals surface area contributed by atoms with Crippen LogP contribution in [0.1, 0.15) is 39.7 Å². The molecule has 2 amide bonds. The van der Waals surface area contributed by atoms with E-state index in [1.807, 2.05) is 0 Å². The molecule has 7 atom stereocenters. The monoisotopic (exact) mass is 491 g/mol. The Bertz CT molecular complexity index is 956. The molecule has 3 fully saturated rings. The summed E-state index contributed by atoms with van der Waals surface area (Å²) in [4.78, 5) is 27.8. The zero-order valence-corrected chi connectivity index (χ0v) is 19.6. The maximum Gasteiger partial charge on any atom is 0.411 e. The Morgan fingerprint density at radius 1 is 1.39 bits per heavy atom. The molecule has 0 spiro atoms. The number of nitrogens with one attached hydrogen (secondary N) is 1. The zero-order chi connectivity index (χ0) is 22.7. The van der Waals surface area contributed by atoms with Crippen LogP contribution in [0.25, 0.3) is 0 Å². The SMILES string of the molecule is C[C@H]1[C@H]2[C@H]3C[C@@H]([C@@H]12)N(C(=O)OC(C)(C)C)[C@@H]3C(=O)N[C@H](C#N)Cc1ccc(Br)cc1F. The summed E-state index contributed by atoms with van der Waals surface area (Å²) in [5, 5.41) is 12.3. The summed E-state index contributed by atoms with van der Waals surface area (Å²) in [7, 11) is 0. The number of hydrogen-bond acceptors (Lipinski definition) is 4. The summed E-state index contributed by atoms with van der Waals surface area (Å²) in [5.74, 6) is 0.610. The lowest BCUT2D eigenvalue weighted by atomic mass is 9.94. The molecule has 1 N–H and O–H groups in total. The first-order valence-corrected chi connectivity index (χ1v) is 11.5. The van der Waals surface area contributed by atoms with E-state index in [9.17, 15) is 19.2 Å². The van der Waals surface area contributed by atoms with Gasteiger partial charge in [-0.1, -0.05) is 28.9 Å². The van der Waals surface area contributed by atoms with Crippen molar-refractivity contribution in [3.63, 3.8) is 0 Å². The van der Waals surface area contributed by atoms with Gasteiger partial charge in [0.05, 0.1) is 6.07 Å². The Kier molecular flexibility index (Phi) is 5.53. The second-order valence-electron chi connectivity index (χ2n) is 9.94. The van der Waals surface area contributed by atoms with Crippen LogP contribution in [0, 0.1) is 40.8 Å². The number of halogens is 2. The molecule has 166 valence electrons. The molecular formula is C23H27BrFN3O3. The molecule has 2 bridgehead atoms. The lowest BCUT2D eigenvalue weighted by molar-refractivity contribution is -0.128. The maximum absolute atomic E-state index is 14.2. The van der Waals surface area contributed by atoms with Crippen LogP contribution in [-0.2, 0) is 16.0 Å². The van der Waals surface area contributed by atoms with Gasteiger partial charge in [-0.15, -0.1) is 0 Å². The number of rotatable bonds is 4. The molecule has 6 nitrogen and oxygen atoms in total. The highest BCUT2D eigenvalue weighted by molar-refractivity contribution is 9.10. The Morgan fingerprint density at radius 2 is 2.10 bits per heavy atom. The van der Waals surface area contributed by atoms with E-state index in [4.69, 9.17) is 4.74 Å². The molecule has 0 aromatic heterocycles. The van der Waals surface area contributed by atoms with Gasteiger partial charge >= 0.3 is 6.09 Å². The third kappa shape index (κ3) is 4.05. The molecule has 3 aliphatic rings. The van der Waals surface area contributed by atoms with Gasteiger partial charge in [-0.2, -0.15) is 5.26 Å². The van der Waals surface area contributed by atoms with Crippen LogP contribution in [0.3, 0.4) is 0 Å². The quantitative estimate of drug-likeness (QED) is 0.688. The molecule has 1 saturated heterocycles. The smallest absolute Gasteiger partial charge is 0.411 e. The van der Waals surface area contributed by atoms with E-state index in [2.05, 4.69) is 34.2 Å². The molecule has 2 aliphatic carbocycles. The number of hydrogen-bond donors (Lipinski definition) is 1. The number of piperidine rings is 1. The van der Waals surface area contributed by atoms with Gasteiger partial charge in [0.15, 0.2) is 0 Å². The van der Waals surface area contributed by atoms with Gasteiger partial charge < -0.3 is 10.1 Å². The summed E-state index contributed by atoms with van der Waals surface area (Å²) in [6.07, 6.45) is 0.359. The van der Waals surface area contributed by atoms with Crippen molar-refractivity contribution in [3.05, 3.63) is 34.1 Å². The second-order valence-corrected chi connectivity index (χ2v) is 10.9. The number of carbonyl (C=O) groups excluding carboxylic acids is 2. The van der Waals surface area contributed by atoms with Gasteiger partial charge in [0.2, 0.25) is 5.91 Å². The Morgan fingerprint density at radius 3 is 2.71 bits per heavy atom. The van der Waals surface area contributed by atoms with Crippen molar-refractivity contribution in [1.82, 2.24) is 10.2 Å². The summed E-state index contributed by atoms with van der Waals surface area (Å²) < 4.78 is 20.4. The third-order valence-electron chi connectivity index (χ3n) is 6.82. The summed E-state index contributed by atoms with van der Waals surface area (Å²) in [5.41, 5.74) is -0.314. The van der Waals surface area contributed by atoms with Crippen LogP contribution in [-0.4, -0.2) is 40.6 Å². The van der Waals surface area contributed by atoms with E-state index in [1.54, 1.807) is 37.8 Å². The standard InChI is InChI=1S/C23H27BrFN3O3/c1-11-18-15-9-17(19(11)18)28(22(30)31-23(2,3)4)20(15)21(29)27-14(10-26)7-12-5-6-13(24)8-16(12)25/h5-6,8,11,14-15,17-20H,7,9H2,1-4H3,(H,27,29)/t11-,14-,15+,17-,18-,19+,20-/m0/s1. The fourth-order valence-corrected chi connectivity index (χ4v) is 5.96. The number of fused-ring (bicyclic) bond motifs is 5. The van der Waals surface area contributed by atoms with Crippen LogP contribution in [0.5, 0.6) is 0 Å². The minimum absolute atomic E-state index is 0.0000497. The largest absolute Gasteiger partial charge is 0.444 e. The molecule has 1 heterocycles. The third-order valence-corrected chi connectivity index (χ3v) is 7.31. The van der Waals surface area contributed by atoms with Crippen molar-refractivity contribution in [3.8, 4) is 6.07 Å². The Balaban J connectivity index is 1.51. The number of nitrogens with zero attached hydrogens (tertiary/aromatic N) is 2. The van der Waals surface area contributed by atoms with E-state index in [0.29, 0.717) is 27.8 Å². The van der Waals surface area contributed by atoms with E-state index in [0.717, 1.165) is 6.42 Å².